The van der Waals surface area contributed by atoms with E-state index in [1.54, 1.807) is 18.2 Å². The fraction of sp³-hybridized carbons (Fsp3) is 0.529. The number of carbonyl (C=O) groups excluding carboxylic acids is 2. The Hall–Kier alpha value is -1.26. The molecule has 0 saturated heterocycles. The number of hydrogen-bond donors (Lipinski definition) is 1. The lowest BCUT2D eigenvalue weighted by Crippen LogP contribution is -2.34. The Kier molecular flexibility index (Phi) is 7.36. The first-order valence-corrected chi connectivity index (χ1v) is 8.28. The van der Waals surface area contributed by atoms with Crippen molar-refractivity contribution < 1.29 is 14.3 Å². The maximum absolute atomic E-state index is 12.2. The number of alkyl carbamates (subject to hydrolysis) is 1. The summed E-state index contributed by atoms with van der Waals surface area (Å²) in [6, 6.07) is 4.81. The molecule has 0 radical (unpaired) electrons. The van der Waals surface area contributed by atoms with Gasteiger partial charge in [0.15, 0.2) is 5.78 Å². The number of ether oxygens (including phenoxy) is 1. The van der Waals surface area contributed by atoms with Gasteiger partial charge < -0.3 is 10.1 Å². The van der Waals surface area contributed by atoms with Gasteiger partial charge in [-0.05, 0) is 51.3 Å². The van der Waals surface area contributed by atoms with Gasteiger partial charge in [0, 0.05) is 28.6 Å². The van der Waals surface area contributed by atoms with Crippen LogP contribution in [0, 0.1) is 5.92 Å². The summed E-state index contributed by atoms with van der Waals surface area (Å²) >= 11 is 11.8. The molecule has 4 nitrogen and oxygen atoms in total. The van der Waals surface area contributed by atoms with E-state index in [9.17, 15) is 9.59 Å². The van der Waals surface area contributed by atoms with Crippen molar-refractivity contribution in [3.63, 3.8) is 0 Å². The lowest BCUT2D eigenvalue weighted by Gasteiger charge is -2.20. The van der Waals surface area contributed by atoms with Gasteiger partial charge in [0.25, 0.3) is 0 Å². The van der Waals surface area contributed by atoms with Crippen molar-refractivity contribution in [1.82, 2.24) is 5.32 Å². The molecular weight excluding hydrogens is 337 g/mol. The number of amides is 1. The number of halogens is 2. The maximum atomic E-state index is 12.2. The summed E-state index contributed by atoms with van der Waals surface area (Å²) in [5.74, 6) is 0.139. The van der Waals surface area contributed by atoms with Crippen molar-refractivity contribution in [3.8, 4) is 0 Å². The largest absolute Gasteiger partial charge is 0.444 e. The molecule has 0 aromatic heterocycles. The normalized spacial score (nSPS) is 12.6. The molecule has 0 aliphatic carbocycles. The first-order chi connectivity index (χ1) is 10.6. The van der Waals surface area contributed by atoms with E-state index >= 15 is 0 Å². The third-order valence-electron chi connectivity index (χ3n) is 3.04. The molecule has 0 fully saturated rings. The zero-order valence-corrected chi connectivity index (χ0v) is 15.4. The second kappa shape index (κ2) is 8.55. The number of nitrogens with one attached hydrogen (secondary N) is 1. The van der Waals surface area contributed by atoms with E-state index in [-0.39, 0.29) is 11.7 Å². The highest BCUT2D eigenvalue weighted by Gasteiger charge is 2.17. The zero-order valence-electron chi connectivity index (χ0n) is 13.9. The number of Topliss-reactive ketones (excluding diaryl/α,β-unsaturated/α-hetero) is 1. The van der Waals surface area contributed by atoms with E-state index < -0.39 is 11.7 Å². The molecule has 1 rings (SSSR count). The van der Waals surface area contributed by atoms with Gasteiger partial charge in [-0.25, -0.2) is 4.79 Å². The van der Waals surface area contributed by atoms with E-state index in [0.717, 1.165) is 0 Å². The van der Waals surface area contributed by atoms with Crippen molar-refractivity contribution in [2.45, 2.75) is 46.1 Å². The molecule has 0 aliphatic heterocycles. The van der Waals surface area contributed by atoms with Crippen LogP contribution < -0.4 is 5.32 Å². The summed E-state index contributed by atoms with van der Waals surface area (Å²) in [5, 5.41) is 3.60. The number of carbonyl (C=O) groups is 2. The van der Waals surface area contributed by atoms with Crippen molar-refractivity contribution >= 4 is 35.1 Å². The van der Waals surface area contributed by atoms with Crippen LogP contribution in [0.25, 0.3) is 0 Å². The minimum atomic E-state index is -0.519. The van der Waals surface area contributed by atoms with Crippen molar-refractivity contribution in [1.29, 1.82) is 0 Å². The first-order valence-electron chi connectivity index (χ1n) is 7.53. The van der Waals surface area contributed by atoms with Gasteiger partial charge in [0.2, 0.25) is 0 Å². The van der Waals surface area contributed by atoms with Gasteiger partial charge in [-0.15, -0.1) is 0 Å². The number of benzene rings is 1. The van der Waals surface area contributed by atoms with Crippen LogP contribution in [0.4, 0.5) is 4.79 Å². The standard InChI is InChI=1S/C17H23Cl2NO3/c1-11(10-20-16(22)23-17(2,3)4)5-6-15(21)12-7-13(18)9-14(19)8-12/h7-9,11H,5-6,10H2,1-4H3,(H,20,22). The Balaban J connectivity index is 2.39. The summed E-state index contributed by atoms with van der Waals surface area (Å²) in [6.07, 6.45) is 0.573. The first kappa shape index (κ1) is 19.8. The van der Waals surface area contributed by atoms with Gasteiger partial charge >= 0.3 is 6.09 Å². The molecule has 1 aromatic carbocycles. The third-order valence-corrected chi connectivity index (χ3v) is 3.48. The summed E-state index contributed by atoms with van der Waals surface area (Å²) in [6.45, 7) is 7.86. The van der Waals surface area contributed by atoms with Crippen LogP contribution in [-0.4, -0.2) is 24.0 Å². The maximum Gasteiger partial charge on any atom is 0.407 e. The number of hydrogen-bond acceptors (Lipinski definition) is 3. The lowest BCUT2D eigenvalue weighted by atomic mass is 10.00. The molecule has 0 aliphatic rings. The van der Waals surface area contributed by atoms with Gasteiger partial charge in [0.05, 0.1) is 0 Å². The van der Waals surface area contributed by atoms with E-state index in [2.05, 4.69) is 5.32 Å². The Morgan fingerprint density at radius 3 is 2.26 bits per heavy atom. The van der Waals surface area contributed by atoms with Gasteiger partial charge in [0.1, 0.15) is 5.60 Å². The van der Waals surface area contributed by atoms with Crippen LogP contribution >= 0.6 is 23.2 Å². The van der Waals surface area contributed by atoms with E-state index in [4.69, 9.17) is 27.9 Å². The quantitative estimate of drug-likeness (QED) is 0.717. The van der Waals surface area contributed by atoms with Crippen molar-refractivity contribution in [3.05, 3.63) is 33.8 Å². The van der Waals surface area contributed by atoms with E-state index in [1.165, 1.54) is 0 Å². The fourth-order valence-corrected chi connectivity index (χ4v) is 2.44. The minimum Gasteiger partial charge on any atom is -0.444 e. The molecule has 0 bridgehead atoms. The minimum absolute atomic E-state index is 0.0153. The van der Waals surface area contributed by atoms with Crippen molar-refractivity contribution in [2.75, 3.05) is 6.54 Å². The van der Waals surface area contributed by atoms with Gasteiger partial charge in [-0.3, -0.25) is 4.79 Å². The highest BCUT2D eigenvalue weighted by molar-refractivity contribution is 6.35. The summed E-state index contributed by atoms with van der Waals surface area (Å²) in [7, 11) is 0. The summed E-state index contributed by atoms with van der Waals surface area (Å²) in [4.78, 5) is 23.7. The Morgan fingerprint density at radius 1 is 1.17 bits per heavy atom. The summed E-state index contributed by atoms with van der Waals surface area (Å²) in [5.41, 5.74) is -0.00964. The molecule has 0 saturated carbocycles. The Bertz CT molecular complexity index is 547. The molecule has 1 amide bonds. The van der Waals surface area contributed by atoms with Crippen molar-refractivity contribution in [2.24, 2.45) is 5.92 Å². The smallest absolute Gasteiger partial charge is 0.407 e. The molecule has 0 spiro atoms. The van der Waals surface area contributed by atoms with Gasteiger partial charge in [-0.2, -0.15) is 0 Å². The Labute approximate surface area is 147 Å². The average Bonchev–Trinajstić information content (AvgIpc) is 2.39. The second-order valence-electron chi connectivity index (χ2n) is 6.61. The highest BCUT2D eigenvalue weighted by atomic mass is 35.5. The second-order valence-corrected chi connectivity index (χ2v) is 7.48. The molecule has 1 atom stereocenters. The number of rotatable bonds is 6. The molecule has 128 valence electrons. The lowest BCUT2D eigenvalue weighted by molar-refractivity contribution is 0.0520. The molecule has 6 heteroatoms. The molecule has 23 heavy (non-hydrogen) atoms. The topological polar surface area (TPSA) is 55.4 Å². The average molecular weight is 360 g/mol. The van der Waals surface area contributed by atoms with Crippen LogP contribution in [0.5, 0.6) is 0 Å². The molecule has 0 heterocycles. The monoisotopic (exact) mass is 359 g/mol. The molecule has 1 N–H and O–H groups in total. The predicted octanol–water partition coefficient (Wildman–Crippen LogP) is 5.12. The number of ketones is 1. The third kappa shape index (κ3) is 8.24. The zero-order chi connectivity index (χ0) is 17.6. The van der Waals surface area contributed by atoms with Crippen LogP contribution in [-0.2, 0) is 4.74 Å². The SMILES string of the molecule is CC(CCC(=O)c1cc(Cl)cc(Cl)c1)CNC(=O)OC(C)(C)C. The fourth-order valence-electron chi connectivity index (χ4n) is 1.91. The van der Waals surface area contributed by atoms with Crippen LogP contribution in [0.15, 0.2) is 18.2 Å². The molecule has 1 unspecified atom stereocenters. The molecular formula is C17H23Cl2NO3. The Morgan fingerprint density at radius 2 is 1.74 bits per heavy atom. The van der Waals surface area contributed by atoms with Gasteiger partial charge in [-0.1, -0.05) is 30.1 Å². The summed E-state index contributed by atoms with van der Waals surface area (Å²) < 4.78 is 5.16. The van der Waals surface area contributed by atoms with Crippen LogP contribution in [0.2, 0.25) is 10.0 Å². The van der Waals surface area contributed by atoms with E-state index in [1.807, 2.05) is 27.7 Å². The highest BCUT2D eigenvalue weighted by Crippen LogP contribution is 2.21. The van der Waals surface area contributed by atoms with Crippen LogP contribution in [0.3, 0.4) is 0 Å². The van der Waals surface area contributed by atoms with E-state index in [0.29, 0.717) is 35.0 Å². The predicted molar refractivity (Wildman–Crippen MR) is 93.4 cm³/mol. The molecule has 1 aromatic rings. The van der Waals surface area contributed by atoms with Crippen LogP contribution in [0.1, 0.15) is 50.9 Å².